The van der Waals surface area contributed by atoms with Crippen molar-refractivity contribution in [2.24, 2.45) is 10.9 Å². The van der Waals surface area contributed by atoms with Crippen LogP contribution < -0.4 is 15.5 Å². The second kappa shape index (κ2) is 7.50. The minimum Gasteiger partial charge on any atom is -0.356 e. The molecule has 1 aliphatic rings. The summed E-state index contributed by atoms with van der Waals surface area (Å²) in [5.74, 6) is 2.33. The Morgan fingerprint density at radius 1 is 1.57 bits per heavy atom. The van der Waals surface area contributed by atoms with Gasteiger partial charge in [0.05, 0.1) is 5.02 Å². The van der Waals surface area contributed by atoms with E-state index in [1.807, 2.05) is 12.1 Å². The van der Waals surface area contributed by atoms with Crippen molar-refractivity contribution in [1.29, 1.82) is 0 Å². The van der Waals surface area contributed by atoms with E-state index in [0.29, 0.717) is 17.0 Å². The monoisotopic (exact) mass is 309 g/mol. The Kier molecular flexibility index (Phi) is 5.67. The van der Waals surface area contributed by atoms with E-state index in [2.05, 4.69) is 39.4 Å². The van der Waals surface area contributed by atoms with E-state index in [9.17, 15) is 0 Å². The molecule has 1 atom stereocenters. The van der Waals surface area contributed by atoms with Crippen molar-refractivity contribution in [2.45, 2.75) is 26.3 Å². The molecule has 1 saturated heterocycles. The molecule has 0 amide bonds. The minimum absolute atomic E-state index is 0.362. The van der Waals surface area contributed by atoms with Gasteiger partial charge in [0.2, 0.25) is 0 Å². The molecular formula is C15H24ClN5. The molecule has 0 aromatic carbocycles. The van der Waals surface area contributed by atoms with Gasteiger partial charge in [-0.25, -0.2) is 4.98 Å². The van der Waals surface area contributed by atoms with E-state index in [4.69, 9.17) is 11.6 Å². The molecule has 2 N–H and O–H groups in total. The van der Waals surface area contributed by atoms with Gasteiger partial charge in [0, 0.05) is 38.9 Å². The summed E-state index contributed by atoms with van der Waals surface area (Å²) in [6.45, 7) is 7.12. The highest BCUT2D eigenvalue weighted by atomic mass is 35.5. The topological polar surface area (TPSA) is 52.6 Å². The van der Waals surface area contributed by atoms with Crippen molar-refractivity contribution in [2.75, 3.05) is 31.6 Å². The van der Waals surface area contributed by atoms with Crippen molar-refractivity contribution in [1.82, 2.24) is 15.6 Å². The van der Waals surface area contributed by atoms with Crippen LogP contribution in [0.1, 0.15) is 20.3 Å². The van der Waals surface area contributed by atoms with Gasteiger partial charge in [0.15, 0.2) is 5.96 Å². The quantitative estimate of drug-likeness (QED) is 0.661. The molecular weight excluding hydrogens is 286 g/mol. The summed E-state index contributed by atoms with van der Waals surface area (Å²) < 4.78 is 0. The van der Waals surface area contributed by atoms with Crippen LogP contribution in [0.2, 0.25) is 5.02 Å². The number of aromatic nitrogens is 1. The number of halogens is 1. The highest BCUT2D eigenvalue weighted by molar-refractivity contribution is 6.32. The van der Waals surface area contributed by atoms with Crippen LogP contribution in [-0.4, -0.2) is 43.7 Å². The number of guanidine groups is 1. The van der Waals surface area contributed by atoms with Gasteiger partial charge >= 0.3 is 0 Å². The third-order valence-electron chi connectivity index (χ3n) is 3.47. The lowest BCUT2D eigenvalue weighted by Crippen LogP contribution is -2.45. The molecule has 6 heteroatoms. The van der Waals surface area contributed by atoms with Gasteiger partial charge in [0.25, 0.3) is 0 Å². The Morgan fingerprint density at radius 3 is 3.05 bits per heavy atom. The first-order valence-corrected chi connectivity index (χ1v) is 7.80. The van der Waals surface area contributed by atoms with Crippen LogP contribution in [0.5, 0.6) is 0 Å². The van der Waals surface area contributed by atoms with E-state index in [-0.39, 0.29) is 0 Å². The molecule has 0 radical (unpaired) electrons. The molecule has 0 saturated carbocycles. The first kappa shape index (κ1) is 15.9. The number of hydrogen-bond donors (Lipinski definition) is 2. The van der Waals surface area contributed by atoms with Crippen LogP contribution in [0.3, 0.4) is 0 Å². The number of nitrogens with one attached hydrogen (secondary N) is 2. The summed E-state index contributed by atoms with van der Waals surface area (Å²) in [5.41, 5.74) is 0. The van der Waals surface area contributed by atoms with E-state index >= 15 is 0 Å². The van der Waals surface area contributed by atoms with Crippen LogP contribution in [0.4, 0.5) is 5.82 Å². The smallest absolute Gasteiger partial charge is 0.191 e. The Balaban J connectivity index is 1.89. The van der Waals surface area contributed by atoms with Crippen molar-refractivity contribution in [3.63, 3.8) is 0 Å². The summed E-state index contributed by atoms with van der Waals surface area (Å²) in [6, 6.07) is 4.10. The molecule has 1 aliphatic heterocycles. The molecule has 0 spiro atoms. The van der Waals surface area contributed by atoms with Crippen LogP contribution in [0.15, 0.2) is 23.3 Å². The van der Waals surface area contributed by atoms with Crippen LogP contribution in [-0.2, 0) is 0 Å². The second-order valence-corrected chi connectivity index (χ2v) is 6.14. The number of pyridine rings is 1. The summed E-state index contributed by atoms with van der Waals surface area (Å²) in [6.07, 6.45) is 2.83. The minimum atomic E-state index is 0.362. The SMILES string of the molecule is CN=C(NCC(C)C)NC1CCN(c2ncccc2Cl)C1. The van der Waals surface area contributed by atoms with Crippen molar-refractivity contribution < 1.29 is 0 Å². The molecule has 1 aromatic rings. The van der Waals surface area contributed by atoms with Crippen LogP contribution in [0, 0.1) is 5.92 Å². The van der Waals surface area contributed by atoms with E-state index < -0.39 is 0 Å². The fourth-order valence-electron chi connectivity index (χ4n) is 2.37. The van der Waals surface area contributed by atoms with Gasteiger partial charge in [-0.3, -0.25) is 4.99 Å². The largest absolute Gasteiger partial charge is 0.356 e. The Bertz CT molecular complexity index is 489. The van der Waals surface area contributed by atoms with E-state index in [0.717, 1.165) is 37.8 Å². The molecule has 2 rings (SSSR count). The van der Waals surface area contributed by atoms with Crippen LogP contribution in [0.25, 0.3) is 0 Å². The Hall–Kier alpha value is -1.49. The molecule has 116 valence electrons. The number of hydrogen-bond acceptors (Lipinski definition) is 3. The van der Waals surface area contributed by atoms with Gasteiger partial charge in [-0.2, -0.15) is 0 Å². The predicted octanol–water partition coefficient (Wildman–Crippen LogP) is 2.13. The summed E-state index contributed by atoms with van der Waals surface area (Å²) in [5, 5.41) is 7.52. The van der Waals surface area contributed by atoms with Crippen molar-refractivity contribution >= 4 is 23.4 Å². The molecule has 0 bridgehead atoms. The maximum Gasteiger partial charge on any atom is 0.191 e. The second-order valence-electron chi connectivity index (χ2n) is 5.73. The van der Waals surface area contributed by atoms with Crippen molar-refractivity contribution in [3.05, 3.63) is 23.4 Å². The van der Waals surface area contributed by atoms with Gasteiger partial charge in [0.1, 0.15) is 5.82 Å². The Morgan fingerprint density at radius 2 is 2.38 bits per heavy atom. The molecule has 21 heavy (non-hydrogen) atoms. The zero-order valence-electron chi connectivity index (χ0n) is 12.9. The summed E-state index contributed by atoms with van der Waals surface area (Å²) in [7, 11) is 1.80. The third kappa shape index (κ3) is 4.49. The number of nitrogens with zero attached hydrogens (tertiary/aromatic N) is 3. The third-order valence-corrected chi connectivity index (χ3v) is 3.76. The predicted molar refractivity (Wildman–Crippen MR) is 89.2 cm³/mol. The van der Waals surface area contributed by atoms with Gasteiger partial charge < -0.3 is 15.5 Å². The van der Waals surface area contributed by atoms with Gasteiger partial charge in [-0.1, -0.05) is 25.4 Å². The first-order valence-electron chi connectivity index (χ1n) is 7.42. The molecule has 0 aliphatic carbocycles. The molecule has 1 fully saturated rings. The maximum atomic E-state index is 6.21. The normalized spacial score (nSPS) is 19.2. The van der Waals surface area contributed by atoms with Crippen LogP contribution >= 0.6 is 11.6 Å². The molecule has 1 unspecified atom stereocenters. The number of aliphatic imine (C=N–C) groups is 1. The lowest BCUT2D eigenvalue weighted by molar-refractivity contribution is 0.595. The van der Waals surface area contributed by atoms with Gasteiger partial charge in [-0.15, -0.1) is 0 Å². The molecule has 1 aromatic heterocycles. The fourth-order valence-corrected chi connectivity index (χ4v) is 2.61. The standard InChI is InChI=1S/C15H24ClN5/c1-11(2)9-19-15(17-3)20-12-6-8-21(10-12)14-13(16)5-4-7-18-14/h4-5,7,11-12H,6,8-10H2,1-3H3,(H2,17,19,20). The van der Waals surface area contributed by atoms with Crippen molar-refractivity contribution in [3.8, 4) is 0 Å². The molecule has 5 nitrogen and oxygen atoms in total. The average molecular weight is 310 g/mol. The van der Waals surface area contributed by atoms with E-state index in [1.165, 1.54) is 0 Å². The summed E-state index contributed by atoms with van der Waals surface area (Å²) >= 11 is 6.21. The average Bonchev–Trinajstić information content (AvgIpc) is 2.92. The zero-order valence-corrected chi connectivity index (χ0v) is 13.7. The Labute approximate surface area is 131 Å². The fraction of sp³-hybridized carbons (Fsp3) is 0.600. The summed E-state index contributed by atoms with van der Waals surface area (Å²) in [4.78, 5) is 10.9. The lowest BCUT2D eigenvalue weighted by atomic mass is 10.2. The zero-order chi connectivity index (χ0) is 15.2. The molecule has 2 heterocycles. The maximum absolute atomic E-state index is 6.21. The highest BCUT2D eigenvalue weighted by Gasteiger charge is 2.25. The van der Waals surface area contributed by atoms with Gasteiger partial charge in [-0.05, 0) is 24.5 Å². The van der Waals surface area contributed by atoms with E-state index in [1.54, 1.807) is 13.2 Å². The number of anilines is 1. The first-order chi connectivity index (χ1) is 10.1. The highest BCUT2D eigenvalue weighted by Crippen LogP contribution is 2.25. The number of rotatable bonds is 4. The lowest BCUT2D eigenvalue weighted by Gasteiger charge is -2.20.